The Morgan fingerprint density at radius 2 is 2.06 bits per heavy atom. The van der Waals surface area contributed by atoms with Gasteiger partial charge in [-0.25, -0.2) is 4.98 Å². The Labute approximate surface area is 116 Å². The van der Waals surface area contributed by atoms with Crippen LogP contribution < -0.4 is 0 Å². The topological polar surface area (TPSA) is 33.1 Å². The molecule has 1 N–H and O–H groups in total. The van der Waals surface area contributed by atoms with Gasteiger partial charge in [0, 0.05) is 16.3 Å². The van der Waals surface area contributed by atoms with E-state index in [1.54, 1.807) is 11.3 Å². The molecule has 1 aromatic carbocycles. The van der Waals surface area contributed by atoms with E-state index in [9.17, 15) is 5.11 Å². The van der Waals surface area contributed by atoms with Gasteiger partial charge in [0.1, 0.15) is 0 Å². The first-order valence-electron chi connectivity index (χ1n) is 5.85. The zero-order valence-electron chi connectivity index (χ0n) is 10.7. The van der Waals surface area contributed by atoms with E-state index in [2.05, 4.69) is 4.98 Å². The number of aliphatic hydroxyl groups is 1. The summed E-state index contributed by atoms with van der Waals surface area (Å²) in [5, 5.41) is 11.9. The zero-order valence-corrected chi connectivity index (χ0v) is 12.3. The number of hydrogen-bond acceptors (Lipinski definition) is 3. The predicted octanol–water partition coefficient (Wildman–Crippen LogP) is 4.00. The fourth-order valence-corrected chi connectivity index (χ4v) is 3.04. The van der Waals surface area contributed by atoms with Crippen LogP contribution in [0, 0.1) is 20.8 Å². The average molecular weight is 282 g/mol. The number of thiazole rings is 1. The van der Waals surface area contributed by atoms with Gasteiger partial charge in [0.2, 0.25) is 0 Å². The number of hydrogen-bond donors (Lipinski definition) is 1. The molecule has 0 aliphatic heterocycles. The van der Waals surface area contributed by atoms with Gasteiger partial charge in [-0.1, -0.05) is 23.7 Å². The van der Waals surface area contributed by atoms with Gasteiger partial charge >= 0.3 is 0 Å². The minimum absolute atomic E-state index is 0.542. The summed E-state index contributed by atoms with van der Waals surface area (Å²) in [5.74, 6) is 0. The Kier molecular flexibility index (Phi) is 4.05. The van der Waals surface area contributed by atoms with Crippen LogP contribution in [-0.4, -0.2) is 10.1 Å². The van der Waals surface area contributed by atoms with Crippen molar-refractivity contribution in [3.05, 3.63) is 49.9 Å². The fraction of sp³-hybridized carbons (Fsp3) is 0.357. The molecular weight excluding hydrogens is 266 g/mol. The Hall–Kier alpha value is -0.900. The lowest BCUT2D eigenvalue weighted by molar-refractivity contribution is 0.177. The maximum Gasteiger partial charge on any atom is 0.0960 e. The highest BCUT2D eigenvalue weighted by molar-refractivity contribution is 7.11. The molecule has 0 saturated heterocycles. The minimum Gasteiger partial charge on any atom is -0.388 e. The van der Waals surface area contributed by atoms with Crippen LogP contribution in [0.25, 0.3) is 0 Å². The molecule has 1 atom stereocenters. The van der Waals surface area contributed by atoms with Gasteiger partial charge in [-0.3, -0.25) is 0 Å². The van der Waals surface area contributed by atoms with Crippen molar-refractivity contribution in [2.45, 2.75) is 33.3 Å². The molecule has 0 radical (unpaired) electrons. The third kappa shape index (κ3) is 2.74. The highest BCUT2D eigenvalue weighted by Crippen LogP contribution is 2.28. The third-order valence-electron chi connectivity index (χ3n) is 3.11. The van der Waals surface area contributed by atoms with Crippen LogP contribution in [-0.2, 0) is 6.42 Å². The van der Waals surface area contributed by atoms with Crippen LogP contribution >= 0.6 is 22.9 Å². The summed E-state index contributed by atoms with van der Waals surface area (Å²) in [4.78, 5) is 5.66. The summed E-state index contributed by atoms with van der Waals surface area (Å²) >= 11 is 7.71. The van der Waals surface area contributed by atoms with Gasteiger partial charge in [0.15, 0.2) is 0 Å². The molecule has 96 valence electrons. The molecule has 2 rings (SSSR count). The van der Waals surface area contributed by atoms with Crippen molar-refractivity contribution in [2.75, 3.05) is 0 Å². The number of rotatable bonds is 3. The number of halogens is 1. The SMILES string of the molecule is Cc1nc(CC(O)c2cccc(Cl)c2C)sc1C. The highest BCUT2D eigenvalue weighted by Gasteiger charge is 2.15. The molecule has 1 unspecified atom stereocenters. The standard InChI is InChI=1S/C14H16ClNOS/c1-8-11(5-4-6-12(8)15)13(17)7-14-16-9(2)10(3)18-14/h4-6,13,17H,7H2,1-3H3. The molecule has 0 bridgehead atoms. The zero-order chi connectivity index (χ0) is 13.3. The molecular formula is C14H16ClNOS. The maximum absolute atomic E-state index is 10.3. The third-order valence-corrected chi connectivity index (χ3v) is 4.61. The van der Waals surface area contributed by atoms with Crippen molar-refractivity contribution in [3.63, 3.8) is 0 Å². The van der Waals surface area contributed by atoms with Crippen LogP contribution in [0.1, 0.15) is 32.8 Å². The normalized spacial score (nSPS) is 12.7. The summed E-state index contributed by atoms with van der Waals surface area (Å²) < 4.78 is 0. The second-order valence-electron chi connectivity index (χ2n) is 4.42. The van der Waals surface area contributed by atoms with Crippen molar-refractivity contribution in [1.82, 2.24) is 4.98 Å². The molecule has 0 fully saturated rings. The lowest BCUT2D eigenvalue weighted by atomic mass is 10.0. The van der Waals surface area contributed by atoms with Gasteiger partial charge in [0.05, 0.1) is 16.8 Å². The van der Waals surface area contributed by atoms with E-state index in [0.717, 1.165) is 21.8 Å². The van der Waals surface area contributed by atoms with Crippen molar-refractivity contribution in [2.24, 2.45) is 0 Å². The summed E-state index contributed by atoms with van der Waals surface area (Å²) in [6.45, 7) is 5.97. The van der Waals surface area contributed by atoms with Crippen LogP contribution in [0.5, 0.6) is 0 Å². The summed E-state index contributed by atoms with van der Waals surface area (Å²) in [5.41, 5.74) is 2.87. The lowest BCUT2D eigenvalue weighted by Crippen LogP contribution is -2.04. The number of aromatic nitrogens is 1. The van der Waals surface area contributed by atoms with E-state index in [4.69, 9.17) is 11.6 Å². The molecule has 1 heterocycles. The summed E-state index contributed by atoms with van der Waals surface area (Å²) in [6.07, 6.45) is -0.00535. The molecule has 4 heteroatoms. The molecule has 0 aliphatic rings. The van der Waals surface area contributed by atoms with E-state index in [-0.39, 0.29) is 0 Å². The van der Waals surface area contributed by atoms with Crippen LogP contribution in [0.2, 0.25) is 5.02 Å². The summed E-state index contributed by atoms with van der Waals surface area (Å²) in [7, 11) is 0. The van der Waals surface area contributed by atoms with Gasteiger partial charge in [-0.15, -0.1) is 11.3 Å². The Bertz CT molecular complexity index is 545. The molecule has 0 amide bonds. The van der Waals surface area contributed by atoms with E-state index in [1.165, 1.54) is 4.88 Å². The molecule has 2 aromatic rings. The van der Waals surface area contributed by atoms with E-state index >= 15 is 0 Å². The van der Waals surface area contributed by atoms with E-state index < -0.39 is 6.10 Å². The number of nitrogens with zero attached hydrogens (tertiary/aromatic N) is 1. The molecule has 18 heavy (non-hydrogen) atoms. The Morgan fingerprint density at radius 3 is 2.67 bits per heavy atom. The number of benzene rings is 1. The van der Waals surface area contributed by atoms with Crippen LogP contribution in [0.3, 0.4) is 0 Å². The number of aryl methyl sites for hydroxylation is 2. The van der Waals surface area contributed by atoms with Crippen molar-refractivity contribution in [3.8, 4) is 0 Å². The van der Waals surface area contributed by atoms with Gasteiger partial charge in [0.25, 0.3) is 0 Å². The molecule has 0 spiro atoms. The predicted molar refractivity (Wildman–Crippen MR) is 76.4 cm³/mol. The number of aliphatic hydroxyl groups excluding tert-OH is 1. The largest absolute Gasteiger partial charge is 0.388 e. The first-order valence-corrected chi connectivity index (χ1v) is 7.04. The highest BCUT2D eigenvalue weighted by atomic mass is 35.5. The Morgan fingerprint density at radius 1 is 1.33 bits per heavy atom. The quantitative estimate of drug-likeness (QED) is 0.922. The second-order valence-corrected chi connectivity index (χ2v) is 6.12. The molecule has 1 aromatic heterocycles. The van der Waals surface area contributed by atoms with Gasteiger partial charge < -0.3 is 5.11 Å². The van der Waals surface area contributed by atoms with E-state index in [1.807, 2.05) is 39.0 Å². The first kappa shape index (κ1) is 13.5. The van der Waals surface area contributed by atoms with Gasteiger partial charge in [-0.2, -0.15) is 0 Å². The van der Waals surface area contributed by atoms with Crippen LogP contribution in [0.15, 0.2) is 18.2 Å². The second kappa shape index (κ2) is 5.39. The van der Waals surface area contributed by atoms with E-state index in [0.29, 0.717) is 11.4 Å². The molecule has 0 saturated carbocycles. The van der Waals surface area contributed by atoms with Gasteiger partial charge in [-0.05, 0) is 38.0 Å². The van der Waals surface area contributed by atoms with Crippen molar-refractivity contribution >= 4 is 22.9 Å². The Balaban J connectivity index is 2.21. The van der Waals surface area contributed by atoms with Crippen molar-refractivity contribution in [1.29, 1.82) is 0 Å². The fourth-order valence-electron chi connectivity index (χ4n) is 1.89. The minimum atomic E-state index is -0.548. The molecule has 2 nitrogen and oxygen atoms in total. The average Bonchev–Trinajstić information content (AvgIpc) is 2.61. The lowest BCUT2D eigenvalue weighted by Gasteiger charge is -2.13. The molecule has 0 aliphatic carbocycles. The summed E-state index contributed by atoms with van der Waals surface area (Å²) in [6, 6.07) is 5.62. The maximum atomic E-state index is 10.3. The van der Waals surface area contributed by atoms with Crippen LogP contribution in [0.4, 0.5) is 0 Å². The monoisotopic (exact) mass is 281 g/mol. The first-order chi connectivity index (χ1) is 8.49. The van der Waals surface area contributed by atoms with Crippen molar-refractivity contribution < 1.29 is 5.11 Å². The smallest absolute Gasteiger partial charge is 0.0960 e.